The standard InChI is InChI=1S/C21H20N2O4S/c1-15(24)17-6-4-7-19(13-17)28(25,26)23-12-11-18(14-23)27-21-10-9-16-5-2-3-8-20(16)22-21/h2-10,13,18H,11-12,14H2,1H3. The summed E-state index contributed by atoms with van der Waals surface area (Å²) >= 11 is 0. The van der Waals surface area contributed by atoms with Crippen LogP contribution in [-0.4, -0.2) is 42.7 Å². The molecule has 2 heterocycles. The van der Waals surface area contributed by atoms with Gasteiger partial charge in [0.05, 0.1) is 17.0 Å². The smallest absolute Gasteiger partial charge is 0.243 e. The van der Waals surface area contributed by atoms with Crippen molar-refractivity contribution >= 4 is 26.7 Å². The number of benzene rings is 2. The molecule has 1 aliphatic heterocycles. The van der Waals surface area contributed by atoms with Gasteiger partial charge < -0.3 is 4.74 Å². The van der Waals surface area contributed by atoms with Crippen molar-refractivity contribution in [3.8, 4) is 5.88 Å². The molecule has 0 radical (unpaired) electrons. The maximum atomic E-state index is 12.9. The van der Waals surface area contributed by atoms with Crippen LogP contribution in [0.1, 0.15) is 23.7 Å². The summed E-state index contributed by atoms with van der Waals surface area (Å²) in [6, 6.07) is 17.6. The summed E-state index contributed by atoms with van der Waals surface area (Å²) in [5, 5.41) is 1.02. The van der Waals surface area contributed by atoms with Crippen LogP contribution >= 0.6 is 0 Å². The highest BCUT2D eigenvalue weighted by atomic mass is 32.2. The first-order chi connectivity index (χ1) is 13.4. The highest BCUT2D eigenvalue weighted by Crippen LogP contribution is 2.25. The van der Waals surface area contributed by atoms with Crippen molar-refractivity contribution in [2.24, 2.45) is 0 Å². The second-order valence-electron chi connectivity index (χ2n) is 6.82. The molecule has 1 atom stereocenters. The zero-order valence-electron chi connectivity index (χ0n) is 15.4. The van der Waals surface area contributed by atoms with Crippen LogP contribution in [0.25, 0.3) is 10.9 Å². The van der Waals surface area contributed by atoms with Crippen LogP contribution in [0.15, 0.2) is 65.6 Å². The Hall–Kier alpha value is -2.77. The minimum Gasteiger partial charge on any atom is -0.473 e. The Bertz CT molecular complexity index is 1140. The van der Waals surface area contributed by atoms with Crippen LogP contribution in [0.2, 0.25) is 0 Å². The van der Waals surface area contributed by atoms with Gasteiger partial charge in [0.15, 0.2) is 5.78 Å². The lowest BCUT2D eigenvalue weighted by Crippen LogP contribution is -2.31. The molecule has 1 unspecified atom stereocenters. The van der Waals surface area contributed by atoms with Crippen molar-refractivity contribution in [1.29, 1.82) is 0 Å². The van der Waals surface area contributed by atoms with Gasteiger partial charge >= 0.3 is 0 Å². The van der Waals surface area contributed by atoms with E-state index in [1.165, 1.54) is 23.4 Å². The number of carbonyl (C=O) groups is 1. The third-order valence-corrected chi connectivity index (χ3v) is 6.71. The molecule has 28 heavy (non-hydrogen) atoms. The molecule has 0 amide bonds. The Kier molecular flexibility index (Phi) is 4.87. The third kappa shape index (κ3) is 3.63. The van der Waals surface area contributed by atoms with Crippen LogP contribution in [0.4, 0.5) is 0 Å². The Balaban J connectivity index is 1.49. The fourth-order valence-corrected chi connectivity index (χ4v) is 4.85. The van der Waals surface area contributed by atoms with Gasteiger partial charge in [-0.05, 0) is 37.6 Å². The van der Waals surface area contributed by atoms with E-state index in [2.05, 4.69) is 4.98 Å². The number of rotatable bonds is 5. The number of fused-ring (bicyclic) bond motifs is 1. The first kappa shape index (κ1) is 18.6. The number of hydrogen-bond acceptors (Lipinski definition) is 5. The summed E-state index contributed by atoms with van der Waals surface area (Å²) in [4.78, 5) is 16.2. The predicted molar refractivity (Wildman–Crippen MR) is 106 cm³/mol. The highest BCUT2D eigenvalue weighted by Gasteiger charge is 2.34. The number of aromatic nitrogens is 1. The van der Waals surface area contributed by atoms with Crippen molar-refractivity contribution < 1.29 is 17.9 Å². The van der Waals surface area contributed by atoms with E-state index in [1.54, 1.807) is 18.2 Å². The Morgan fingerprint density at radius 2 is 1.93 bits per heavy atom. The maximum Gasteiger partial charge on any atom is 0.243 e. The summed E-state index contributed by atoms with van der Waals surface area (Å²) in [6.45, 7) is 2.04. The molecule has 0 N–H and O–H groups in total. The van der Waals surface area contributed by atoms with Crippen molar-refractivity contribution in [1.82, 2.24) is 9.29 Å². The van der Waals surface area contributed by atoms with E-state index in [4.69, 9.17) is 4.74 Å². The molecule has 1 aliphatic rings. The van der Waals surface area contributed by atoms with Crippen molar-refractivity contribution in [2.45, 2.75) is 24.3 Å². The third-order valence-electron chi connectivity index (χ3n) is 4.85. The largest absolute Gasteiger partial charge is 0.473 e. The number of para-hydroxylation sites is 1. The lowest BCUT2D eigenvalue weighted by molar-refractivity contribution is 0.101. The lowest BCUT2D eigenvalue weighted by atomic mass is 10.2. The summed E-state index contributed by atoms with van der Waals surface area (Å²) in [5.41, 5.74) is 1.22. The molecule has 1 fully saturated rings. The van der Waals surface area contributed by atoms with E-state index in [9.17, 15) is 13.2 Å². The van der Waals surface area contributed by atoms with E-state index < -0.39 is 10.0 Å². The lowest BCUT2D eigenvalue weighted by Gasteiger charge is -2.17. The van der Waals surface area contributed by atoms with Gasteiger partial charge in [0.25, 0.3) is 0 Å². The van der Waals surface area contributed by atoms with Gasteiger partial charge in [0.1, 0.15) is 6.10 Å². The van der Waals surface area contributed by atoms with E-state index in [0.717, 1.165) is 10.9 Å². The number of pyridine rings is 1. The second-order valence-corrected chi connectivity index (χ2v) is 8.76. The minimum absolute atomic E-state index is 0.129. The number of sulfonamides is 1. The van der Waals surface area contributed by atoms with E-state index in [0.29, 0.717) is 24.4 Å². The highest BCUT2D eigenvalue weighted by molar-refractivity contribution is 7.89. The summed E-state index contributed by atoms with van der Waals surface area (Å²) in [5.74, 6) is 0.323. The number of nitrogens with zero attached hydrogens (tertiary/aromatic N) is 2. The average Bonchev–Trinajstić information content (AvgIpc) is 3.17. The fraction of sp³-hybridized carbons (Fsp3) is 0.238. The fourth-order valence-electron chi connectivity index (χ4n) is 3.32. The van der Waals surface area contributed by atoms with Crippen LogP contribution < -0.4 is 4.74 Å². The van der Waals surface area contributed by atoms with Crippen LogP contribution in [0, 0.1) is 0 Å². The maximum absolute atomic E-state index is 12.9. The quantitative estimate of drug-likeness (QED) is 0.619. The summed E-state index contributed by atoms with van der Waals surface area (Å²) in [7, 11) is -3.67. The summed E-state index contributed by atoms with van der Waals surface area (Å²) in [6.07, 6.45) is 0.319. The number of ether oxygens (including phenoxy) is 1. The van der Waals surface area contributed by atoms with Gasteiger partial charge in [-0.3, -0.25) is 4.79 Å². The van der Waals surface area contributed by atoms with Gasteiger partial charge in [0.2, 0.25) is 15.9 Å². The second kappa shape index (κ2) is 7.33. The molecule has 1 aromatic heterocycles. The predicted octanol–water partition coefficient (Wildman–Crippen LogP) is 3.28. The van der Waals surface area contributed by atoms with Gasteiger partial charge in [-0.1, -0.05) is 30.3 Å². The first-order valence-corrected chi connectivity index (χ1v) is 10.5. The van der Waals surface area contributed by atoms with Gasteiger partial charge in [-0.25, -0.2) is 13.4 Å². The van der Waals surface area contributed by atoms with Gasteiger partial charge in [0, 0.05) is 23.6 Å². The minimum atomic E-state index is -3.67. The normalized spacial score (nSPS) is 17.7. The molecule has 2 aromatic carbocycles. The monoisotopic (exact) mass is 396 g/mol. The number of hydrogen-bond donors (Lipinski definition) is 0. The first-order valence-electron chi connectivity index (χ1n) is 9.07. The molecule has 0 bridgehead atoms. The molecular weight excluding hydrogens is 376 g/mol. The number of carbonyl (C=O) groups excluding carboxylic acids is 1. The summed E-state index contributed by atoms with van der Waals surface area (Å²) < 4.78 is 33.2. The zero-order valence-corrected chi connectivity index (χ0v) is 16.2. The zero-order chi connectivity index (χ0) is 19.7. The molecule has 0 spiro atoms. The van der Waals surface area contributed by atoms with Gasteiger partial charge in [-0.2, -0.15) is 4.31 Å². The molecule has 144 valence electrons. The Morgan fingerprint density at radius 3 is 2.75 bits per heavy atom. The molecule has 1 saturated heterocycles. The van der Waals surface area contributed by atoms with Crippen molar-refractivity contribution in [3.05, 3.63) is 66.2 Å². The van der Waals surface area contributed by atoms with E-state index >= 15 is 0 Å². The molecule has 7 heteroatoms. The van der Waals surface area contributed by atoms with Crippen molar-refractivity contribution in [2.75, 3.05) is 13.1 Å². The number of ketones is 1. The SMILES string of the molecule is CC(=O)c1cccc(S(=O)(=O)N2CCC(Oc3ccc4ccccc4n3)C2)c1. The van der Waals surface area contributed by atoms with E-state index in [1.807, 2.05) is 30.3 Å². The number of Topliss-reactive ketones (excluding diaryl/α,β-unsaturated/α-hetero) is 1. The molecule has 3 aromatic rings. The molecule has 0 aliphatic carbocycles. The Labute approximate surface area is 163 Å². The van der Waals surface area contributed by atoms with Crippen LogP contribution in [0.3, 0.4) is 0 Å². The molecule has 6 nitrogen and oxygen atoms in total. The van der Waals surface area contributed by atoms with Crippen LogP contribution in [-0.2, 0) is 10.0 Å². The average molecular weight is 396 g/mol. The van der Waals surface area contributed by atoms with Crippen LogP contribution in [0.5, 0.6) is 5.88 Å². The molecule has 0 saturated carbocycles. The molecule has 4 rings (SSSR count). The van der Waals surface area contributed by atoms with Crippen molar-refractivity contribution in [3.63, 3.8) is 0 Å². The topological polar surface area (TPSA) is 76.6 Å². The van der Waals surface area contributed by atoms with Gasteiger partial charge in [-0.15, -0.1) is 0 Å². The van der Waals surface area contributed by atoms with E-state index in [-0.39, 0.29) is 23.3 Å². The molecular formula is C21H20N2O4S. The Morgan fingerprint density at radius 1 is 1.11 bits per heavy atom.